The molecule has 10 heteroatoms. The summed E-state index contributed by atoms with van der Waals surface area (Å²) in [6, 6.07) is 12.4. The van der Waals surface area contributed by atoms with Crippen molar-refractivity contribution in [2.45, 2.75) is 6.92 Å². The fourth-order valence-corrected chi connectivity index (χ4v) is 2.64. The Morgan fingerprint density at radius 2 is 1.84 bits per heavy atom. The summed E-state index contributed by atoms with van der Waals surface area (Å²) in [7, 11) is 0. The third-order valence-electron chi connectivity index (χ3n) is 4.27. The zero-order chi connectivity index (χ0) is 22.5. The maximum absolute atomic E-state index is 13.2. The van der Waals surface area contributed by atoms with Gasteiger partial charge in [-0.2, -0.15) is 20.1 Å². The van der Waals surface area contributed by atoms with E-state index in [1.165, 1.54) is 49.5 Å². The summed E-state index contributed by atoms with van der Waals surface area (Å²) >= 11 is 0. The number of carboxylic acid groups (broad SMARTS) is 1. The van der Waals surface area contributed by atoms with Crippen molar-refractivity contribution in [1.82, 2.24) is 15.2 Å². The van der Waals surface area contributed by atoms with Gasteiger partial charge in [-0.1, -0.05) is 12.1 Å². The SMILES string of the molecule is Cc1c(C(=O)NN=Cc2ccc(C(=O)O)cc2)nn(-c2ccc(F)cc2)c(=O)c1C#N. The van der Waals surface area contributed by atoms with Crippen LogP contribution in [0, 0.1) is 24.1 Å². The van der Waals surface area contributed by atoms with Gasteiger partial charge in [0.15, 0.2) is 5.69 Å². The van der Waals surface area contributed by atoms with Crippen LogP contribution in [0.15, 0.2) is 58.4 Å². The summed E-state index contributed by atoms with van der Waals surface area (Å²) in [5, 5.41) is 26.1. The van der Waals surface area contributed by atoms with Gasteiger partial charge in [-0.05, 0) is 48.9 Å². The van der Waals surface area contributed by atoms with Gasteiger partial charge in [-0.3, -0.25) is 9.59 Å². The lowest BCUT2D eigenvalue weighted by atomic mass is 10.1. The molecule has 0 atom stereocenters. The molecule has 154 valence electrons. The van der Waals surface area contributed by atoms with E-state index in [-0.39, 0.29) is 28.1 Å². The average Bonchev–Trinajstić information content (AvgIpc) is 2.75. The van der Waals surface area contributed by atoms with Crippen LogP contribution < -0.4 is 11.0 Å². The van der Waals surface area contributed by atoms with Gasteiger partial charge in [0.25, 0.3) is 11.5 Å². The molecule has 9 nitrogen and oxygen atoms in total. The van der Waals surface area contributed by atoms with E-state index in [1.807, 2.05) is 0 Å². The predicted molar refractivity (Wildman–Crippen MR) is 108 cm³/mol. The first-order valence-corrected chi connectivity index (χ1v) is 8.78. The lowest BCUT2D eigenvalue weighted by Crippen LogP contribution is -2.31. The zero-order valence-corrected chi connectivity index (χ0v) is 16.0. The molecule has 0 aliphatic carbocycles. The van der Waals surface area contributed by atoms with Crippen molar-refractivity contribution in [3.05, 3.63) is 92.6 Å². The zero-order valence-electron chi connectivity index (χ0n) is 16.0. The molecular weight excluding hydrogens is 405 g/mol. The number of hydrogen-bond donors (Lipinski definition) is 2. The molecule has 2 aromatic carbocycles. The molecular formula is C21H14FN5O4. The number of carbonyl (C=O) groups is 2. The number of halogens is 1. The molecule has 0 saturated heterocycles. The summed E-state index contributed by atoms with van der Waals surface area (Å²) in [6.45, 7) is 1.41. The Balaban J connectivity index is 1.90. The van der Waals surface area contributed by atoms with Crippen LogP contribution in [-0.2, 0) is 0 Å². The highest BCUT2D eigenvalue weighted by atomic mass is 19.1. The number of nitrogens with one attached hydrogen (secondary N) is 1. The van der Waals surface area contributed by atoms with Gasteiger partial charge >= 0.3 is 5.97 Å². The number of aromatic nitrogens is 2. The molecule has 1 amide bonds. The Kier molecular flexibility index (Phi) is 5.97. The molecule has 3 rings (SSSR count). The van der Waals surface area contributed by atoms with E-state index >= 15 is 0 Å². The Labute approximate surface area is 174 Å². The summed E-state index contributed by atoms with van der Waals surface area (Å²) in [5.41, 5.74) is 1.91. The van der Waals surface area contributed by atoms with Crippen molar-refractivity contribution in [2.75, 3.05) is 0 Å². The molecule has 0 radical (unpaired) electrons. The smallest absolute Gasteiger partial charge is 0.335 e. The van der Waals surface area contributed by atoms with Crippen LogP contribution in [-0.4, -0.2) is 33.0 Å². The molecule has 2 N–H and O–H groups in total. The second kappa shape index (κ2) is 8.79. The van der Waals surface area contributed by atoms with E-state index in [0.29, 0.717) is 5.56 Å². The van der Waals surface area contributed by atoms with E-state index in [1.54, 1.807) is 6.07 Å². The second-order valence-corrected chi connectivity index (χ2v) is 6.28. The van der Waals surface area contributed by atoms with Gasteiger partial charge in [0.2, 0.25) is 0 Å². The molecule has 0 aliphatic heterocycles. The highest BCUT2D eigenvalue weighted by molar-refractivity contribution is 5.95. The fraction of sp³-hybridized carbons (Fsp3) is 0.0476. The van der Waals surface area contributed by atoms with Gasteiger partial charge in [0, 0.05) is 5.56 Å². The minimum absolute atomic E-state index is 0.0735. The van der Waals surface area contributed by atoms with Gasteiger partial charge in [0.1, 0.15) is 17.4 Å². The molecule has 1 heterocycles. The Hall–Kier alpha value is -4.65. The monoisotopic (exact) mass is 419 g/mol. The van der Waals surface area contributed by atoms with Crippen molar-refractivity contribution in [2.24, 2.45) is 5.10 Å². The molecule has 3 aromatic rings. The molecule has 0 saturated carbocycles. The lowest BCUT2D eigenvalue weighted by molar-refractivity contribution is 0.0696. The maximum Gasteiger partial charge on any atom is 0.335 e. The molecule has 31 heavy (non-hydrogen) atoms. The predicted octanol–water partition coefficient (Wildman–Crippen LogP) is 2.01. The van der Waals surface area contributed by atoms with Crippen LogP contribution in [0.1, 0.15) is 37.5 Å². The number of amides is 1. The van der Waals surface area contributed by atoms with Crippen molar-refractivity contribution in [3.63, 3.8) is 0 Å². The number of nitriles is 1. The van der Waals surface area contributed by atoms with Crippen molar-refractivity contribution >= 4 is 18.1 Å². The van der Waals surface area contributed by atoms with Crippen LogP contribution in [0.25, 0.3) is 5.69 Å². The Bertz CT molecular complexity index is 1290. The maximum atomic E-state index is 13.2. The van der Waals surface area contributed by atoms with Gasteiger partial charge < -0.3 is 5.11 Å². The van der Waals surface area contributed by atoms with Crippen LogP contribution in [0.3, 0.4) is 0 Å². The number of nitrogens with zero attached hydrogens (tertiary/aromatic N) is 4. The third-order valence-corrected chi connectivity index (χ3v) is 4.27. The number of hydrogen-bond acceptors (Lipinski definition) is 6. The van der Waals surface area contributed by atoms with Crippen LogP contribution >= 0.6 is 0 Å². The molecule has 0 unspecified atom stereocenters. The minimum atomic E-state index is -1.07. The third kappa shape index (κ3) is 4.51. The quantitative estimate of drug-likeness (QED) is 0.479. The number of carboxylic acids is 1. The highest BCUT2D eigenvalue weighted by Crippen LogP contribution is 2.11. The van der Waals surface area contributed by atoms with Gasteiger partial charge in [-0.15, -0.1) is 0 Å². The van der Waals surface area contributed by atoms with Crippen LogP contribution in [0.5, 0.6) is 0 Å². The van der Waals surface area contributed by atoms with Crippen molar-refractivity contribution in [3.8, 4) is 11.8 Å². The first-order chi connectivity index (χ1) is 14.8. The van der Waals surface area contributed by atoms with E-state index in [0.717, 1.165) is 16.8 Å². The highest BCUT2D eigenvalue weighted by Gasteiger charge is 2.20. The standard InChI is InChI=1S/C21H14FN5O4/c1-12-17(10-23)20(29)27(16-8-6-15(22)7-9-16)26-18(12)19(28)25-24-11-13-2-4-14(5-3-13)21(30)31/h2-9,11H,1H3,(H,25,28)(H,30,31). The lowest BCUT2D eigenvalue weighted by Gasteiger charge is -2.10. The first-order valence-electron chi connectivity index (χ1n) is 8.78. The topological polar surface area (TPSA) is 137 Å². The van der Waals surface area contributed by atoms with Gasteiger partial charge in [-0.25, -0.2) is 14.6 Å². The number of aromatic carboxylic acids is 1. The van der Waals surface area contributed by atoms with E-state index in [2.05, 4.69) is 15.6 Å². The van der Waals surface area contributed by atoms with Crippen molar-refractivity contribution < 1.29 is 19.1 Å². The van der Waals surface area contributed by atoms with Crippen molar-refractivity contribution in [1.29, 1.82) is 5.26 Å². The van der Waals surface area contributed by atoms with Gasteiger partial charge in [0.05, 0.1) is 17.5 Å². The average molecular weight is 419 g/mol. The molecule has 0 spiro atoms. The Morgan fingerprint density at radius 1 is 1.19 bits per heavy atom. The number of benzene rings is 2. The summed E-state index contributed by atoms with van der Waals surface area (Å²) < 4.78 is 14.0. The molecule has 0 bridgehead atoms. The van der Waals surface area contributed by atoms with E-state index in [4.69, 9.17) is 5.11 Å². The summed E-state index contributed by atoms with van der Waals surface area (Å²) in [5.74, 6) is -2.36. The molecule has 0 aliphatic rings. The number of rotatable bonds is 5. The first kappa shape index (κ1) is 21.1. The second-order valence-electron chi connectivity index (χ2n) is 6.28. The normalized spacial score (nSPS) is 10.6. The minimum Gasteiger partial charge on any atom is -0.478 e. The molecule has 1 aromatic heterocycles. The molecule has 0 fully saturated rings. The van der Waals surface area contributed by atoms with Crippen LogP contribution in [0.4, 0.5) is 4.39 Å². The van der Waals surface area contributed by atoms with E-state index < -0.39 is 23.3 Å². The Morgan fingerprint density at radius 3 is 2.42 bits per heavy atom. The van der Waals surface area contributed by atoms with E-state index in [9.17, 15) is 24.0 Å². The largest absolute Gasteiger partial charge is 0.478 e. The van der Waals surface area contributed by atoms with Crippen LogP contribution in [0.2, 0.25) is 0 Å². The number of carbonyl (C=O) groups excluding carboxylic acids is 1. The summed E-state index contributed by atoms with van der Waals surface area (Å²) in [4.78, 5) is 36.0. The summed E-state index contributed by atoms with van der Waals surface area (Å²) in [6.07, 6.45) is 1.29. The number of hydrazone groups is 1. The fourth-order valence-electron chi connectivity index (χ4n) is 2.64.